The highest BCUT2D eigenvalue weighted by Gasteiger charge is 2.44. The fourth-order valence-corrected chi connectivity index (χ4v) is 3.99. The summed E-state index contributed by atoms with van der Waals surface area (Å²) in [5.41, 5.74) is 0.609. The van der Waals surface area contributed by atoms with E-state index in [1.165, 1.54) is 19.3 Å². The molecule has 2 atom stereocenters. The Bertz CT molecular complexity index is 170. The van der Waals surface area contributed by atoms with Crippen molar-refractivity contribution in [3.63, 3.8) is 0 Å². The van der Waals surface area contributed by atoms with Gasteiger partial charge in [0.05, 0.1) is 0 Å². The topological polar surface area (TPSA) is 0 Å². The Labute approximate surface area is 90.5 Å². The van der Waals surface area contributed by atoms with Gasteiger partial charge in [0.25, 0.3) is 0 Å². The van der Waals surface area contributed by atoms with Gasteiger partial charge in [-0.2, -0.15) is 0 Å². The van der Waals surface area contributed by atoms with Crippen LogP contribution in [0.25, 0.3) is 0 Å². The van der Waals surface area contributed by atoms with Gasteiger partial charge in [0.15, 0.2) is 0 Å². The first-order valence-corrected chi connectivity index (χ1v) is 6.41. The van der Waals surface area contributed by atoms with Crippen LogP contribution in [0.4, 0.5) is 0 Å². The smallest absolute Gasteiger partial charge is 0.0223 e. The average Bonchev–Trinajstić information content (AvgIpc) is 2.08. The Morgan fingerprint density at radius 1 is 0.929 bits per heavy atom. The molecular weight excluding hydrogens is 168 g/mol. The van der Waals surface area contributed by atoms with Crippen molar-refractivity contribution in [1.29, 1.82) is 0 Å². The predicted octanol–water partition coefficient (Wildman–Crippen LogP) is 4.74. The summed E-state index contributed by atoms with van der Waals surface area (Å²) in [4.78, 5) is 0. The molecule has 84 valence electrons. The number of hydrogen-bond acceptors (Lipinski definition) is 0. The van der Waals surface area contributed by atoms with Gasteiger partial charge in [-0.1, -0.05) is 48.0 Å². The first-order valence-electron chi connectivity index (χ1n) is 6.41. The second-order valence-corrected chi connectivity index (χ2v) is 6.21. The largest absolute Gasteiger partial charge is 0.0625 e. The van der Waals surface area contributed by atoms with Crippen molar-refractivity contribution in [1.82, 2.24) is 0 Å². The summed E-state index contributed by atoms with van der Waals surface area (Å²) in [6, 6.07) is 0. The summed E-state index contributed by atoms with van der Waals surface area (Å²) in [7, 11) is 0. The van der Waals surface area contributed by atoms with E-state index in [1.807, 2.05) is 0 Å². The molecule has 0 aromatic heterocycles. The third-order valence-corrected chi connectivity index (χ3v) is 4.86. The zero-order chi connectivity index (χ0) is 10.9. The van der Waals surface area contributed by atoms with E-state index in [0.717, 1.165) is 23.7 Å². The molecule has 2 unspecified atom stereocenters. The van der Waals surface area contributed by atoms with E-state index >= 15 is 0 Å². The molecule has 0 amide bonds. The molecule has 0 N–H and O–H groups in total. The fraction of sp³-hybridized carbons (Fsp3) is 1.00. The van der Waals surface area contributed by atoms with Gasteiger partial charge in [0.2, 0.25) is 0 Å². The van der Waals surface area contributed by atoms with Gasteiger partial charge in [0, 0.05) is 0 Å². The lowest BCUT2D eigenvalue weighted by atomic mass is 9.54. The molecule has 0 heterocycles. The standard InChI is InChI=1S/C14H28/c1-10(2)14(11(3)4)9-12(5)7-8-13(14)6/h10-13H,7-9H2,1-6H3. The minimum absolute atomic E-state index is 0.609. The Morgan fingerprint density at radius 2 is 1.43 bits per heavy atom. The highest BCUT2D eigenvalue weighted by molar-refractivity contribution is 4.94. The van der Waals surface area contributed by atoms with E-state index in [9.17, 15) is 0 Å². The van der Waals surface area contributed by atoms with E-state index in [-0.39, 0.29) is 0 Å². The molecular formula is C14H28. The second-order valence-electron chi connectivity index (χ2n) is 6.21. The van der Waals surface area contributed by atoms with E-state index in [0.29, 0.717) is 5.41 Å². The van der Waals surface area contributed by atoms with Crippen molar-refractivity contribution < 1.29 is 0 Å². The summed E-state index contributed by atoms with van der Waals surface area (Å²) in [5, 5.41) is 0. The molecule has 1 rings (SSSR count). The molecule has 0 saturated heterocycles. The van der Waals surface area contributed by atoms with Gasteiger partial charge in [-0.05, 0) is 41.9 Å². The van der Waals surface area contributed by atoms with Gasteiger partial charge in [-0.3, -0.25) is 0 Å². The Kier molecular flexibility index (Phi) is 3.66. The van der Waals surface area contributed by atoms with Crippen molar-refractivity contribution in [2.24, 2.45) is 29.1 Å². The van der Waals surface area contributed by atoms with Crippen molar-refractivity contribution in [3.05, 3.63) is 0 Å². The van der Waals surface area contributed by atoms with Gasteiger partial charge in [-0.25, -0.2) is 0 Å². The molecule has 0 heteroatoms. The molecule has 1 fully saturated rings. The lowest BCUT2D eigenvalue weighted by Crippen LogP contribution is -2.43. The summed E-state index contributed by atoms with van der Waals surface area (Å²) in [6.07, 6.45) is 4.34. The molecule has 0 spiro atoms. The monoisotopic (exact) mass is 196 g/mol. The Morgan fingerprint density at radius 3 is 1.79 bits per heavy atom. The molecule has 0 aromatic rings. The summed E-state index contributed by atoms with van der Waals surface area (Å²) >= 11 is 0. The SMILES string of the molecule is CC1CCC(C)C(C(C)C)(C(C)C)C1. The molecule has 1 saturated carbocycles. The van der Waals surface area contributed by atoms with E-state index in [2.05, 4.69) is 41.5 Å². The normalized spacial score (nSPS) is 32.6. The van der Waals surface area contributed by atoms with Crippen LogP contribution >= 0.6 is 0 Å². The van der Waals surface area contributed by atoms with Crippen LogP contribution in [0.2, 0.25) is 0 Å². The van der Waals surface area contributed by atoms with Gasteiger partial charge < -0.3 is 0 Å². The van der Waals surface area contributed by atoms with E-state index in [1.54, 1.807) is 0 Å². The van der Waals surface area contributed by atoms with Gasteiger partial charge in [0.1, 0.15) is 0 Å². The first-order chi connectivity index (χ1) is 6.41. The quantitative estimate of drug-likeness (QED) is 0.598. The van der Waals surface area contributed by atoms with Crippen LogP contribution < -0.4 is 0 Å². The summed E-state index contributed by atoms with van der Waals surface area (Å²) in [5.74, 6) is 3.52. The van der Waals surface area contributed by atoms with Crippen LogP contribution in [0, 0.1) is 29.1 Å². The van der Waals surface area contributed by atoms with Crippen LogP contribution in [0.3, 0.4) is 0 Å². The highest BCUT2D eigenvalue weighted by Crippen LogP contribution is 2.53. The van der Waals surface area contributed by atoms with E-state index in [4.69, 9.17) is 0 Å². The molecule has 0 nitrogen and oxygen atoms in total. The summed E-state index contributed by atoms with van der Waals surface area (Å²) in [6.45, 7) is 14.6. The third kappa shape index (κ3) is 1.85. The van der Waals surface area contributed by atoms with Crippen LogP contribution in [-0.4, -0.2) is 0 Å². The van der Waals surface area contributed by atoms with Crippen LogP contribution in [0.5, 0.6) is 0 Å². The summed E-state index contributed by atoms with van der Waals surface area (Å²) < 4.78 is 0. The van der Waals surface area contributed by atoms with Crippen molar-refractivity contribution >= 4 is 0 Å². The van der Waals surface area contributed by atoms with Gasteiger partial charge in [-0.15, -0.1) is 0 Å². The molecule has 0 radical (unpaired) electrons. The molecule has 1 aliphatic carbocycles. The lowest BCUT2D eigenvalue weighted by Gasteiger charge is -2.51. The Balaban J connectivity index is 2.92. The molecule has 0 aliphatic heterocycles. The Hall–Kier alpha value is 0. The minimum Gasteiger partial charge on any atom is -0.0625 e. The second kappa shape index (κ2) is 4.24. The zero-order valence-corrected chi connectivity index (χ0v) is 10.9. The maximum Gasteiger partial charge on any atom is -0.0223 e. The molecule has 14 heavy (non-hydrogen) atoms. The highest BCUT2D eigenvalue weighted by atomic mass is 14.5. The van der Waals surface area contributed by atoms with Crippen molar-refractivity contribution in [2.75, 3.05) is 0 Å². The van der Waals surface area contributed by atoms with Crippen molar-refractivity contribution in [2.45, 2.75) is 60.8 Å². The van der Waals surface area contributed by atoms with Crippen molar-refractivity contribution in [3.8, 4) is 0 Å². The van der Waals surface area contributed by atoms with E-state index < -0.39 is 0 Å². The maximum absolute atomic E-state index is 2.48. The number of rotatable bonds is 2. The lowest BCUT2D eigenvalue weighted by molar-refractivity contribution is -0.0198. The zero-order valence-electron chi connectivity index (χ0n) is 10.9. The van der Waals surface area contributed by atoms with Gasteiger partial charge >= 0.3 is 0 Å². The minimum atomic E-state index is 0.609. The average molecular weight is 196 g/mol. The predicted molar refractivity (Wildman–Crippen MR) is 64.3 cm³/mol. The first kappa shape index (κ1) is 12.1. The van der Waals surface area contributed by atoms with Crippen LogP contribution in [0.15, 0.2) is 0 Å². The maximum atomic E-state index is 2.48. The molecule has 0 bridgehead atoms. The number of hydrogen-bond donors (Lipinski definition) is 0. The van der Waals surface area contributed by atoms with Crippen LogP contribution in [0.1, 0.15) is 60.8 Å². The molecule has 1 aliphatic rings. The fourth-order valence-electron chi connectivity index (χ4n) is 3.99. The van der Waals surface area contributed by atoms with Crippen LogP contribution in [-0.2, 0) is 0 Å². The third-order valence-electron chi connectivity index (χ3n) is 4.86. The molecule has 0 aromatic carbocycles.